The highest BCUT2D eigenvalue weighted by Gasteiger charge is 2.22. The van der Waals surface area contributed by atoms with Crippen LogP contribution in [0.1, 0.15) is 33.2 Å². The molecule has 0 radical (unpaired) electrons. The molecular formula is C17H14F2N4O. The third-order valence-electron chi connectivity index (χ3n) is 3.66. The summed E-state index contributed by atoms with van der Waals surface area (Å²) in [5, 5.41) is 9.19. The van der Waals surface area contributed by atoms with Gasteiger partial charge in [-0.15, -0.1) is 0 Å². The molecule has 2 aromatic heterocycles. The second kappa shape index (κ2) is 6.57. The number of hydrogen-bond acceptors (Lipinski definition) is 3. The van der Waals surface area contributed by atoms with Crippen molar-refractivity contribution in [3.63, 3.8) is 0 Å². The minimum Gasteiger partial charge on any atom is -0.341 e. The van der Waals surface area contributed by atoms with Crippen molar-refractivity contribution >= 4 is 5.91 Å². The minimum absolute atomic E-state index is 0.0377. The van der Waals surface area contributed by atoms with Crippen LogP contribution in [0.3, 0.4) is 0 Å². The van der Waals surface area contributed by atoms with Crippen LogP contribution in [0.2, 0.25) is 0 Å². The van der Waals surface area contributed by atoms with Gasteiger partial charge in [0.25, 0.3) is 5.91 Å². The first kappa shape index (κ1) is 15.8. The van der Waals surface area contributed by atoms with Crippen molar-refractivity contribution in [1.82, 2.24) is 20.5 Å². The van der Waals surface area contributed by atoms with Crippen LogP contribution >= 0.6 is 0 Å². The standard InChI is InChI=1S/C17H14F2N4O/c1-10-14(9-21-23-10)17(24)22-16(11-4-6-20-7-5-11)13-8-12(18)2-3-15(13)19/h2-9,16H,1H3,(H,21,23)(H,22,24). The fraction of sp³-hybridized carbons (Fsp3) is 0.118. The smallest absolute Gasteiger partial charge is 0.255 e. The van der Waals surface area contributed by atoms with E-state index in [-0.39, 0.29) is 5.56 Å². The SMILES string of the molecule is Cc1[nH]ncc1C(=O)NC(c1ccncc1)c1cc(F)ccc1F. The molecule has 0 spiro atoms. The topological polar surface area (TPSA) is 70.7 Å². The highest BCUT2D eigenvalue weighted by atomic mass is 19.1. The number of aromatic nitrogens is 3. The number of benzene rings is 1. The number of nitrogens with zero attached hydrogens (tertiary/aromatic N) is 2. The van der Waals surface area contributed by atoms with Gasteiger partial charge in [0.05, 0.1) is 17.8 Å². The molecule has 0 aliphatic rings. The fourth-order valence-electron chi connectivity index (χ4n) is 2.42. The zero-order valence-electron chi connectivity index (χ0n) is 12.8. The highest BCUT2D eigenvalue weighted by Crippen LogP contribution is 2.25. The maximum atomic E-state index is 14.2. The number of hydrogen-bond donors (Lipinski definition) is 2. The molecule has 2 N–H and O–H groups in total. The van der Waals surface area contributed by atoms with Crippen LogP contribution < -0.4 is 5.32 Å². The number of halogens is 2. The lowest BCUT2D eigenvalue weighted by atomic mass is 9.98. The van der Waals surface area contributed by atoms with Gasteiger partial charge < -0.3 is 5.32 Å². The van der Waals surface area contributed by atoms with Gasteiger partial charge in [0, 0.05) is 23.7 Å². The lowest BCUT2D eigenvalue weighted by Crippen LogP contribution is -2.30. The summed E-state index contributed by atoms with van der Waals surface area (Å²) in [6.45, 7) is 1.70. The molecule has 1 aromatic carbocycles. The first-order valence-electron chi connectivity index (χ1n) is 7.22. The minimum atomic E-state index is -0.856. The Kier molecular flexibility index (Phi) is 4.33. The Labute approximate surface area is 136 Å². The molecule has 0 bridgehead atoms. The van der Waals surface area contributed by atoms with Gasteiger partial charge in [0.15, 0.2) is 0 Å². The maximum absolute atomic E-state index is 14.2. The van der Waals surface area contributed by atoms with Crippen LogP contribution in [0, 0.1) is 18.6 Å². The molecule has 3 aromatic rings. The van der Waals surface area contributed by atoms with Gasteiger partial charge >= 0.3 is 0 Å². The molecule has 0 saturated carbocycles. The Bertz CT molecular complexity index is 864. The molecule has 7 heteroatoms. The van der Waals surface area contributed by atoms with Crippen molar-refractivity contribution in [1.29, 1.82) is 0 Å². The van der Waals surface area contributed by atoms with E-state index in [4.69, 9.17) is 0 Å². The van der Waals surface area contributed by atoms with Crippen molar-refractivity contribution in [2.24, 2.45) is 0 Å². The van der Waals surface area contributed by atoms with E-state index in [2.05, 4.69) is 20.5 Å². The summed E-state index contributed by atoms with van der Waals surface area (Å²) < 4.78 is 27.8. The number of nitrogens with one attached hydrogen (secondary N) is 2. The van der Waals surface area contributed by atoms with Gasteiger partial charge in [0.2, 0.25) is 0 Å². The second-order valence-corrected chi connectivity index (χ2v) is 5.26. The van der Waals surface area contributed by atoms with E-state index in [1.807, 2.05) is 0 Å². The molecule has 122 valence electrons. The lowest BCUT2D eigenvalue weighted by Gasteiger charge is -2.20. The summed E-state index contributed by atoms with van der Waals surface area (Å²) in [4.78, 5) is 16.4. The number of carbonyl (C=O) groups excluding carboxylic acids is 1. The maximum Gasteiger partial charge on any atom is 0.255 e. The Morgan fingerprint density at radius 3 is 2.62 bits per heavy atom. The third kappa shape index (κ3) is 3.15. The Hall–Kier alpha value is -3.09. The number of carbonyl (C=O) groups is 1. The van der Waals surface area contributed by atoms with E-state index in [1.165, 1.54) is 18.6 Å². The Morgan fingerprint density at radius 1 is 1.21 bits per heavy atom. The highest BCUT2D eigenvalue weighted by molar-refractivity contribution is 5.95. The van der Waals surface area contributed by atoms with E-state index in [0.29, 0.717) is 16.8 Å². The molecule has 3 rings (SSSR count). The molecule has 1 amide bonds. The average Bonchev–Trinajstić information content (AvgIpc) is 3.02. The van der Waals surface area contributed by atoms with Gasteiger partial charge in [-0.1, -0.05) is 0 Å². The first-order valence-corrected chi connectivity index (χ1v) is 7.22. The van der Waals surface area contributed by atoms with Crippen LogP contribution in [0.4, 0.5) is 8.78 Å². The summed E-state index contributed by atoms with van der Waals surface area (Å²) in [5.74, 6) is -1.63. The lowest BCUT2D eigenvalue weighted by molar-refractivity contribution is 0.0942. The normalized spacial score (nSPS) is 12.0. The number of pyridine rings is 1. The Balaban J connectivity index is 2.01. The Morgan fingerprint density at radius 2 is 1.96 bits per heavy atom. The molecule has 2 heterocycles. The van der Waals surface area contributed by atoms with Crippen LogP contribution in [0.15, 0.2) is 48.9 Å². The summed E-state index contributed by atoms with van der Waals surface area (Å²) in [5.41, 5.74) is 1.55. The van der Waals surface area contributed by atoms with E-state index in [1.54, 1.807) is 19.1 Å². The van der Waals surface area contributed by atoms with Gasteiger partial charge in [0.1, 0.15) is 11.6 Å². The second-order valence-electron chi connectivity index (χ2n) is 5.26. The molecule has 0 fully saturated rings. The first-order chi connectivity index (χ1) is 11.6. The summed E-state index contributed by atoms with van der Waals surface area (Å²) >= 11 is 0. The van der Waals surface area contributed by atoms with Crippen molar-refractivity contribution in [3.05, 3.63) is 82.9 Å². The van der Waals surface area contributed by atoms with Gasteiger partial charge in [-0.3, -0.25) is 14.9 Å². The summed E-state index contributed by atoms with van der Waals surface area (Å²) in [6, 6.07) is 5.56. The molecule has 0 aliphatic heterocycles. The molecule has 1 atom stereocenters. The van der Waals surface area contributed by atoms with Gasteiger partial charge in [-0.05, 0) is 42.8 Å². The van der Waals surface area contributed by atoms with E-state index in [0.717, 1.165) is 18.2 Å². The molecule has 0 aliphatic carbocycles. The molecular weight excluding hydrogens is 314 g/mol. The monoisotopic (exact) mass is 328 g/mol. The largest absolute Gasteiger partial charge is 0.341 e. The zero-order valence-corrected chi connectivity index (χ0v) is 12.8. The van der Waals surface area contributed by atoms with Crippen LogP contribution in [0.5, 0.6) is 0 Å². The fourth-order valence-corrected chi connectivity index (χ4v) is 2.42. The number of aryl methyl sites for hydroxylation is 1. The molecule has 1 unspecified atom stereocenters. The van der Waals surface area contributed by atoms with E-state index in [9.17, 15) is 13.6 Å². The summed E-state index contributed by atoms with van der Waals surface area (Å²) in [7, 11) is 0. The van der Waals surface area contributed by atoms with Crippen molar-refractivity contribution in [3.8, 4) is 0 Å². The van der Waals surface area contributed by atoms with E-state index >= 15 is 0 Å². The van der Waals surface area contributed by atoms with Crippen LogP contribution in [0.25, 0.3) is 0 Å². The third-order valence-corrected chi connectivity index (χ3v) is 3.66. The summed E-state index contributed by atoms with van der Waals surface area (Å²) in [6.07, 6.45) is 4.43. The average molecular weight is 328 g/mol. The number of aromatic amines is 1. The van der Waals surface area contributed by atoms with Crippen molar-refractivity contribution < 1.29 is 13.6 Å². The van der Waals surface area contributed by atoms with Gasteiger partial charge in [-0.25, -0.2) is 8.78 Å². The molecule has 24 heavy (non-hydrogen) atoms. The van der Waals surface area contributed by atoms with Crippen molar-refractivity contribution in [2.75, 3.05) is 0 Å². The zero-order chi connectivity index (χ0) is 17.1. The quantitative estimate of drug-likeness (QED) is 0.773. The number of rotatable bonds is 4. The number of H-pyrrole nitrogens is 1. The van der Waals surface area contributed by atoms with Crippen LogP contribution in [-0.2, 0) is 0 Å². The predicted molar refractivity (Wildman–Crippen MR) is 83.2 cm³/mol. The molecule has 0 saturated heterocycles. The molecule has 5 nitrogen and oxygen atoms in total. The predicted octanol–water partition coefficient (Wildman–Crippen LogP) is 2.91. The number of amides is 1. The van der Waals surface area contributed by atoms with E-state index < -0.39 is 23.6 Å². The van der Waals surface area contributed by atoms with Crippen LogP contribution in [-0.4, -0.2) is 21.1 Å². The van der Waals surface area contributed by atoms with Gasteiger partial charge in [-0.2, -0.15) is 5.10 Å². The van der Waals surface area contributed by atoms with Crippen molar-refractivity contribution in [2.45, 2.75) is 13.0 Å².